The minimum absolute atomic E-state index is 0.118. The molecule has 0 spiro atoms. The predicted molar refractivity (Wildman–Crippen MR) is 58.1 cm³/mol. The standard InChI is InChI=1S/C11H19N3/c1-8(12)5-10-13-6-9(7-14-10)11(2,3)4/h6-8H,5,12H2,1-4H3. The first-order valence-electron chi connectivity index (χ1n) is 4.96. The van der Waals surface area contributed by atoms with Gasteiger partial charge in [-0.25, -0.2) is 9.97 Å². The molecule has 0 aromatic carbocycles. The molecule has 1 heterocycles. The van der Waals surface area contributed by atoms with Crippen LogP contribution in [0.5, 0.6) is 0 Å². The summed E-state index contributed by atoms with van der Waals surface area (Å²) in [4.78, 5) is 8.59. The summed E-state index contributed by atoms with van der Waals surface area (Å²) in [6.45, 7) is 8.41. The lowest BCUT2D eigenvalue weighted by Gasteiger charge is -2.17. The van der Waals surface area contributed by atoms with E-state index in [1.54, 1.807) is 0 Å². The highest BCUT2D eigenvalue weighted by molar-refractivity contribution is 5.15. The summed E-state index contributed by atoms with van der Waals surface area (Å²) < 4.78 is 0. The predicted octanol–water partition coefficient (Wildman–Crippen LogP) is 1.66. The molecule has 1 atom stereocenters. The van der Waals surface area contributed by atoms with E-state index in [2.05, 4.69) is 30.7 Å². The summed E-state index contributed by atoms with van der Waals surface area (Å²) in [6, 6.07) is 0.121. The molecular formula is C11H19N3. The molecule has 78 valence electrons. The fourth-order valence-electron chi connectivity index (χ4n) is 1.14. The van der Waals surface area contributed by atoms with E-state index in [1.807, 2.05) is 19.3 Å². The van der Waals surface area contributed by atoms with Crippen LogP contribution in [0.2, 0.25) is 0 Å². The second kappa shape index (κ2) is 4.05. The average molecular weight is 193 g/mol. The largest absolute Gasteiger partial charge is 0.328 e. The Kier molecular flexibility index (Phi) is 3.21. The van der Waals surface area contributed by atoms with Crippen molar-refractivity contribution in [3.05, 3.63) is 23.8 Å². The van der Waals surface area contributed by atoms with Gasteiger partial charge in [-0.05, 0) is 17.9 Å². The quantitative estimate of drug-likeness (QED) is 0.777. The Hall–Kier alpha value is -0.960. The summed E-state index contributed by atoms with van der Waals surface area (Å²) in [5.41, 5.74) is 6.94. The Morgan fingerprint density at radius 1 is 1.29 bits per heavy atom. The highest BCUT2D eigenvalue weighted by Gasteiger charge is 2.14. The third kappa shape index (κ3) is 3.07. The molecule has 0 amide bonds. The van der Waals surface area contributed by atoms with Crippen LogP contribution in [0.3, 0.4) is 0 Å². The van der Waals surface area contributed by atoms with Gasteiger partial charge in [0, 0.05) is 24.9 Å². The van der Waals surface area contributed by atoms with Crippen molar-refractivity contribution in [3.63, 3.8) is 0 Å². The van der Waals surface area contributed by atoms with E-state index in [0.29, 0.717) is 0 Å². The van der Waals surface area contributed by atoms with E-state index in [-0.39, 0.29) is 11.5 Å². The fourth-order valence-corrected chi connectivity index (χ4v) is 1.14. The summed E-state index contributed by atoms with van der Waals surface area (Å²) in [7, 11) is 0. The van der Waals surface area contributed by atoms with Crippen molar-refractivity contribution in [1.82, 2.24) is 9.97 Å². The van der Waals surface area contributed by atoms with Gasteiger partial charge in [-0.2, -0.15) is 0 Å². The second-order valence-electron chi connectivity index (χ2n) is 4.82. The summed E-state index contributed by atoms with van der Waals surface area (Å²) in [5, 5.41) is 0. The lowest BCUT2D eigenvalue weighted by Crippen LogP contribution is -2.20. The normalized spacial score (nSPS) is 14.1. The molecule has 1 unspecified atom stereocenters. The third-order valence-corrected chi connectivity index (χ3v) is 2.08. The molecule has 0 bridgehead atoms. The maximum absolute atomic E-state index is 5.67. The minimum Gasteiger partial charge on any atom is -0.328 e. The average Bonchev–Trinajstić information content (AvgIpc) is 2.02. The van der Waals surface area contributed by atoms with E-state index in [1.165, 1.54) is 0 Å². The Bertz CT molecular complexity index is 282. The number of aromatic nitrogens is 2. The molecule has 1 aromatic rings. The molecule has 0 aliphatic rings. The minimum atomic E-state index is 0.118. The monoisotopic (exact) mass is 193 g/mol. The van der Waals surface area contributed by atoms with Crippen molar-refractivity contribution in [2.45, 2.75) is 45.6 Å². The Labute approximate surface area is 85.8 Å². The van der Waals surface area contributed by atoms with Crippen LogP contribution >= 0.6 is 0 Å². The van der Waals surface area contributed by atoms with Crippen LogP contribution in [-0.2, 0) is 11.8 Å². The highest BCUT2D eigenvalue weighted by atomic mass is 14.9. The van der Waals surface area contributed by atoms with Crippen molar-refractivity contribution >= 4 is 0 Å². The maximum Gasteiger partial charge on any atom is 0.129 e. The van der Waals surface area contributed by atoms with Crippen LogP contribution in [0.15, 0.2) is 12.4 Å². The molecule has 14 heavy (non-hydrogen) atoms. The molecule has 1 aromatic heterocycles. The number of nitrogens with zero attached hydrogens (tertiary/aromatic N) is 2. The van der Waals surface area contributed by atoms with Gasteiger partial charge < -0.3 is 5.73 Å². The molecule has 0 saturated carbocycles. The van der Waals surface area contributed by atoms with E-state index in [9.17, 15) is 0 Å². The molecular weight excluding hydrogens is 174 g/mol. The van der Waals surface area contributed by atoms with Crippen molar-refractivity contribution in [2.24, 2.45) is 5.73 Å². The lowest BCUT2D eigenvalue weighted by atomic mass is 9.89. The summed E-state index contributed by atoms with van der Waals surface area (Å²) >= 11 is 0. The first-order valence-corrected chi connectivity index (χ1v) is 4.96. The molecule has 0 aliphatic carbocycles. The van der Waals surface area contributed by atoms with E-state index in [4.69, 9.17) is 5.73 Å². The Morgan fingerprint density at radius 2 is 1.79 bits per heavy atom. The molecule has 3 heteroatoms. The number of hydrogen-bond acceptors (Lipinski definition) is 3. The zero-order valence-electron chi connectivity index (χ0n) is 9.41. The number of nitrogens with two attached hydrogens (primary N) is 1. The van der Waals surface area contributed by atoms with Crippen LogP contribution in [-0.4, -0.2) is 16.0 Å². The molecule has 0 saturated heterocycles. The van der Waals surface area contributed by atoms with Gasteiger partial charge in [0.05, 0.1) is 0 Å². The van der Waals surface area contributed by atoms with E-state index < -0.39 is 0 Å². The molecule has 2 N–H and O–H groups in total. The van der Waals surface area contributed by atoms with Crippen molar-refractivity contribution in [1.29, 1.82) is 0 Å². The smallest absolute Gasteiger partial charge is 0.129 e. The lowest BCUT2D eigenvalue weighted by molar-refractivity contribution is 0.580. The van der Waals surface area contributed by atoms with Gasteiger partial charge in [-0.3, -0.25) is 0 Å². The number of hydrogen-bond donors (Lipinski definition) is 1. The van der Waals surface area contributed by atoms with Gasteiger partial charge in [0.15, 0.2) is 0 Å². The Balaban J connectivity index is 2.79. The topological polar surface area (TPSA) is 51.8 Å². The highest BCUT2D eigenvalue weighted by Crippen LogP contribution is 2.19. The van der Waals surface area contributed by atoms with E-state index >= 15 is 0 Å². The van der Waals surface area contributed by atoms with Crippen LogP contribution < -0.4 is 5.73 Å². The van der Waals surface area contributed by atoms with Gasteiger partial charge in [-0.1, -0.05) is 20.8 Å². The third-order valence-electron chi connectivity index (χ3n) is 2.08. The van der Waals surface area contributed by atoms with Crippen molar-refractivity contribution < 1.29 is 0 Å². The van der Waals surface area contributed by atoms with Crippen molar-refractivity contribution in [2.75, 3.05) is 0 Å². The summed E-state index contributed by atoms with van der Waals surface area (Å²) in [5.74, 6) is 0.827. The molecule has 3 nitrogen and oxygen atoms in total. The van der Waals surface area contributed by atoms with Gasteiger partial charge in [0.2, 0.25) is 0 Å². The molecule has 1 rings (SSSR count). The van der Waals surface area contributed by atoms with Gasteiger partial charge in [0.25, 0.3) is 0 Å². The van der Waals surface area contributed by atoms with Gasteiger partial charge in [-0.15, -0.1) is 0 Å². The van der Waals surface area contributed by atoms with Crippen LogP contribution in [0.4, 0.5) is 0 Å². The van der Waals surface area contributed by atoms with E-state index in [0.717, 1.165) is 17.8 Å². The first kappa shape index (κ1) is 11.1. The SMILES string of the molecule is CC(N)Cc1ncc(C(C)(C)C)cn1. The fraction of sp³-hybridized carbons (Fsp3) is 0.636. The number of rotatable bonds is 2. The van der Waals surface area contributed by atoms with Gasteiger partial charge >= 0.3 is 0 Å². The zero-order chi connectivity index (χ0) is 10.8. The Morgan fingerprint density at radius 3 is 2.14 bits per heavy atom. The molecule has 0 fully saturated rings. The van der Waals surface area contributed by atoms with Crippen molar-refractivity contribution in [3.8, 4) is 0 Å². The van der Waals surface area contributed by atoms with Gasteiger partial charge in [0.1, 0.15) is 5.82 Å². The van der Waals surface area contributed by atoms with Crippen LogP contribution in [0.1, 0.15) is 39.1 Å². The maximum atomic E-state index is 5.67. The first-order chi connectivity index (χ1) is 6.39. The molecule has 0 aliphatic heterocycles. The van der Waals surface area contributed by atoms with Crippen LogP contribution in [0, 0.1) is 0 Å². The second-order valence-corrected chi connectivity index (χ2v) is 4.82. The summed E-state index contributed by atoms with van der Waals surface area (Å²) in [6.07, 6.45) is 4.53. The zero-order valence-corrected chi connectivity index (χ0v) is 9.41. The van der Waals surface area contributed by atoms with Crippen LogP contribution in [0.25, 0.3) is 0 Å². The molecule has 0 radical (unpaired) electrons.